The van der Waals surface area contributed by atoms with Gasteiger partial charge in [0.15, 0.2) is 0 Å². The van der Waals surface area contributed by atoms with Gasteiger partial charge < -0.3 is 10.8 Å². The Morgan fingerprint density at radius 2 is 1.12 bits per heavy atom. The molecule has 0 spiro atoms. The number of halogens is 9. The smallest absolute Gasteiger partial charge is 0.367 e. The van der Waals surface area contributed by atoms with Crippen molar-refractivity contribution in [2.45, 2.75) is 78.0 Å². The van der Waals surface area contributed by atoms with Gasteiger partial charge in [-0.05, 0) is 12.1 Å². The van der Waals surface area contributed by atoms with Gasteiger partial charge in [-0.2, -0.15) is 45.2 Å². The molecule has 0 amide bonds. The van der Waals surface area contributed by atoms with Crippen molar-refractivity contribution in [1.29, 1.82) is 0 Å². The van der Waals surface area contributed by atoms with Crippen LogP contribution in [0.15, 0.2) is 125 Å². The van der Waals surface area contributed by atoms with Gasteiger partial charge in [-0.3, -0.25) is 9.97 Å². The Labute approximate surface area is 329 Å². The molecule has 0 radical (unpaired) electrons. The number of nitrogens with zero attached hydrogens (tertiary/aromatic N) is 3. The molecule has 56 heavy (non-hydrogen) atoms. The molecule has 0 atom stereocenters. The summed E-state index contributed by atoms with van der Waals surface area (Å²) in [6, 6.07) is 29.2. The molecule has 0 aliphatic carbocycles. The fourth-order valence-corrected chi connectivity index (χ4v) is 7.47. The van der Waals surface area contributed by atoms with Crippen molar-refractivity contribution in [3.05, 3.63) is 144 Å². The second-order valence-corrected chi connectivity index (χ2v) is 14.4. The molecule has 3 aromatic carbocycles. The van der Waals surface area contributed by atoms with Crippen molar-refractivity contribution in [2.75, 3.05) is 0 Å². The van der Waals surface area contributed by atoms with Crippen molar-refractivity contribution in [3.8, 4) is 0 Å². The first-order valence-corrected chi connectivity index (χ1v) is 19.8. The summed E-state index contributed by atoms with van der Waals surface area (Å²) < 4.78 is 110. The number of allylic oxidation sites excluding steroid dienone is 3. The summed E-state index contributed by atoms with van der Waals surface area (Å²) in [5.74, 6) is 0. The minimum atomic E-state index is -6.87. The third-order valence-corrected chi connectivity index (χ3v) is 10.9. The number of hydrogen-bond donors (Lipinski definition) is 1. The number of aliphatic hydroxyl groups is 1. The van der Waals surface area contributed by atoms with E-state index in [0.29, 0.717) is 5.70 Å². The van der Waals surface area contributed by atoms with Crippen LogP contribution in [0.4, 0.5) is 45.2 Å². The molecule has 0 unspecified atom stereocenters. The van der Waals surface area contributed by atoms with Gasteiger partial charge in [0.25, 0.3) is 0 Å². The number of alkyl halides is 9. The number of aryl methyl sites for hydroxylation is 2. The standard InChI is InChI=1S/C12H8N2.C10H12.C8H9N.C5H8N.C4HF9O.C2H6.W/c1-3-9-5-6-10-4-2-8-14-12(10)11(9)13-7-1;1-10(2,3)9-7-5-4-6-8-9;1-6-4-3-5-7(2)8(6)9;1-3-4-5(2)6;5-2(6,7)1(14,3(8,9)10)4(11,12)13;1-2;/h1-8H;1,4-8H,2-3H3;3-5H,1-2H3;3-4,6H,1H2,2H3;14H;1-2H3;/q;;;-1;;;/b;;;5-4-;;;. The Hall–Kier alpha value is -4.55. The van der Waals surface area contributed by atoms with Crippen LogP contribution in [0.1, 0.15) is 51.3 Å². The van der Waals surface area contributed by atoms with Gasteiger partial charge in [-0.1, -0.05) is 63.8 Å². The maximum Gasteiger partial charge on any atom is 0.435 e. The van der Waals surface area contributed by atoms with E-state index < -0.39 is 42.0 Å². The third kappa shape index (κ3) is 13.9. The van der Waals surface area contributed by atoms with E-state index in [2.05, 4.69) is 121 Å². The Bertz CT molecular complexity index is 1970. The van der Waals surface area contributed by atoms with E-state index in [9.17, 15) is 39.5 Å². The number of fused-ring (bicyclic) bond motifs is 3. The summed E-state index contributed by atoms with van der Waals surface area (Å²) >= 11 is -0.842. The van der Waals surface area contributed by atoms with E-state index in [1.807, 2.05) is 26.0 Å². The van der Waals surface area contributed by atoms with Gasteiger partial charge in [-0.15, -0.1) is 0 Å². The molecule has 5 rings (SSSR count). The van der Waals surface area contributed by atoms with Crippen LogP contribution < -0.4 is 0 Å². The average Bonchev–Trinajstić information content (AvgIpc) is 3.13. The molecule has 5 aromatic rings. The molecule has 2 N–H and O–H groups in total. The van der Waals surface area contributed by atoms with Crippen molar-refractivity contribution < 1.29 is 62.5 Å². The fraction of sp³-hybridized carbons (Fsp3) is 0.293. The fourth-order valence-electron chi connectivity index (χ4n) is 4.43. The molecular weight excluding hydrogens is 919 g/mol. The zero-order valence-corrected chi connectivity index (χ0v) is 34.7. The SMILES string of the molecule is C=C/C=C(/C)[NH-].CC.Cc1cccc(C)c1[N]=[W]=[CH]C(C)(C)c1ccccc1.OC(C(F)(F)F)(C(F)(F)F)C(F)(F)F.c1cnc2c(c1)ccc1cccnc12. The molecule has 15 heteroatoms. The molecule has 2 aromatic heterocycles. The van der Waals surface area contributed by atoms with Crippen LogP contribution in [0.2, 0.25) is 0 Å². The molecular formula is C41H44F9N4OW-. The number of nitrogens with one attached hydrogen (secondary N) is 1. The molecule has 5 nitrogen and oxygen atoms in total. The summed E-state index contributed by atoms with van der Waals surface area (Å²) in [5.41, 5.74) is 7.85. The van der Waals surface area contributed by atoms with Crippen LogP contribution in [0.3, 0.4) is 0 Å². The third-order valence-electron chi connectivity index (χ3n) is 7.39. The van der Waals surface area contributed by atoms with E-state index >= 15 is 0 Å². The maximum atomic E-state index is 11.4. The zero-order valence-electron chi connectivity index (χ0n) is 31.8. The number of hydrogen-bond acceptors (Lipinski definition) is 4. The van der Waals surface area contributed by atoms with Crippen LogP contribution in [0.25, 0.3) is 27.5 Å². The topological polar surface area (TPSA) is 82.2 Å². The van der Waals surface area contributed by atoms with E-state index in [4.69, 9.17) is 14.3 Å². The van der Waals surface area contributed by atoms with Crippen molar-refractivity contribution >= 4 is 31.9 Å². The maximum absolute atomic E-state index is 11.4. The normalized spacial score (nSPS) is 11.9. The van der Waals surface area contributed by atoms with Crippen LogP contribution in [0, 0.1) is 13.8 Å². The molecule has 304 valence electrons. The minimum absolute atomic E-state index is 0.117. The largest absolute Gasteiger partial charge is 0.435 e. The van der Waals surface area contributed by atoms with Crippen LogP contribution >= 0.6 is 0 Å². The molecule has 0 saturated heterocycles. The first-order chi connectivity index (χ1) is 26.0. The number of pyridine rings is 2. The summed E-state index contributed by atoms with van der Waals surface area (Å²) in [6.45, 7) is 18.0. The van der Waals surface area contributed by atoms with E-state index in [-0.39, 0.29) is 5.41 Å². The summed E-state index contributed by atoms with van der Waals surface area (Å²) in [4.78, 5) is 8.69. The van der Waals surface area contributed by atoms with Crippen molar-refractivity contribution in [3.63, 3.8) is 0 Å². The Morgan fingerprint density at radius 1 is 0.696 bits per heavy atom. The van der Waals surface area contributed by atoms with Crippen molar-refractivity contribution in [2.24, 2.45) is 3.50 Å². The van der Waals surface area contributed by atoms with E-state index in [1.54, 1.807) is 31.5 Å². The summed E-state index contributed by atoms with van der Waals surface area (Å²) in [6.07, 6.45) is -13.8. The quantitative estimate of drug-likeness (QED) is 0.111. The van der Waals surface area contributed by atoms with Gasteiger partial charge in [0.05, 0.1) is 11.0 Å². The Kier molecular flexibility index (Phi) is 19.1. The number of benzene rings is 3. The van der Waals surface area contributed by atoms with Gasteiger partial charge in [0.1, 0.15) is 0 Å². The zero-order chi connectivity index (χ0) is 43.0. The predicted octanol–water partition coefficient (Wildman–Crippen LogP) is 13.3. The molecule has 0 bridgehead atoms. The van der Waals surface area contributed by atoms with Gasteiger partial charge in [0.2, 0.25) is 0 Å². The second kappa shape index (κ2) is 21.7. The van der Waals surface area contributed by atoms with Crippen molar-refractivity contribution in [1.82, 2.24) is 9.97 Å². The van der Waals surface area contributed by atoms with E-state index in [1.165, 1.54) is 22.4 Å². The van der Waals surface area contributed by atoms with Crippen LogP contribution in [-0.2, 0) is 23.3 Å². The summed E-state index contributed by atoms with van der Waals surface area (Å²) in [7, 11) is 0. The number of aromatic nitrogens is 2. The van der Waals surface area contributed by atoms with Gasteiger partial charge in [-0.25, -0.2) is 0 Å². The second-order valence-electron chi connectivity index (χ2n) is 12.1. The summed E-state index contributed by atoms with van der Waals surface area (Å²) in [5, 5.41) is 9.92. The minimum Gasteiger partial charge on any atom is -0.367 e. The molecule has 2 heterocycles. The molecule has 0 fully saturated rings. The molecule has 0 aliphatic heterocycles. The molecule has 0 saturated carbocycles. The first-order valence-electron chi connectivity index (χ1n) is 16.8. The predicted molar refractivity (Wildman–Crippen MR) is 203 cm³/mol. The number of rotatable bonds is 4. The average molecular weight is 964 g/mol. The Morgan fingerprint density at radius 3 is 1.46 bits per heavy atom. The Balaban J connectivity index is 0.000000390. The monoisotopic (exact) mass is 963 g/mol. The van der Waals surface area contributed by atoms with E-state index in [0.717, 1.165) is 21.8 Å². The van der Waals surface area contributed by atoms with Crippen LogP contribution in [-0.4, -0.2) is 43.6 Å². The molecule has 0 aliphatic rings. The van der Waals surface area contributed by atoms with Gasteiger partial charge >= 0.3 is 154 Å². The first kappa shape index (κ1) is 49.5. The van der Waals surface area contributed by atoms with Gasteiger partial charge in [0, 0.05) is 23.2 Å². The van der Waals surface area contributed by atoms with Crippen LogP contribution in [0.5, 0.6) is 0 Å².